The van der Waals surface area contributed by atoms with Crippen LogP contribution >= 0.6 is 35.6 Å². The van der Waals surface area contributed by atoms with E-state index in [2.05, 4.69) is 38.8 Å². The minimum Gasteiger partial charge on any atom is -0.356 e. The molecule has 0 aromatic carbocycles. The quantitative estimate of drug-likeness (QED) is 0.331. The number of nitrogens with zero attached hydrogens (tertiary/aromatic N) is 5. The Morgan fingerprint density at radius 3 is 2.78 bits per heavy atom. The van der Waals surface area contributed by atoms with Crippen molar-refractivity contribution in [3.05, 3.63) is 58.8 Å². The molecule has 1 N–H and O–H groups in total. The van der Waals surface area contributed by atoms with E-state index in [1.807, 2.05) is 43.2 Å². The monoisotopic (exact) mass is 500 g/mol. The first-order valence-corrected chi connectivity index (χ1v) is 9.01. The van der Waals surface area contributed by atoms with Gasteiger partial charge in [0.25, 0.3) is 0 Å². The highest BCUT2D eigenvalue weighted by atomic mass is 127. The maximum atomic E-state index is 6.06. The predicted molar refractivity (Wildman–Crippen MR) is 122 cm³/mol. The molecule has 0 fully saturated rings. The average Bonchev–Trinajstić information content (AvgIpc) is 3.15. The van der Waals surface area contributed by atoms with Gasteiger partial charge in [0.1, 0.15) is 5.65 Å². The first-order chi connectivity index (χ1) is 12.5. The van der Waals surface area contributed by atoms with Gasteiger partial charge in [-0.15, -0.1) is 24.0 Å². The second-order valence-electron chi connectivity index (χ2n) is 6.49. The van der Waals surface area contributed by atoms with Crippen molar-refractivity contribution >= 4 is 47.2 Å². The van der Waals surface area contributed by atoms with E-state index in [4.69, 9.17) is 16.6 Å². The van der Waals surface area contributed by atoms with E-state index < -0.39 is 0 Å². The highest BCUT2D eigenvalue weighted by Gasteiger charge is 2.10. The van der Waals surface area contributed by atoms with Crippen molar-refractivity contribution in [1.82, 2.24) is 24.2 Å². The van der Waals surface area contributed by atoms with Crippen LogP contribution in [-0.4, -0.2) is 45.5 Å². The van der Waals surface area contributed by atoms with Crippen LogP contribution in [0.1, 0.15) is 17.0 Å². The Hall–Kier alpha value is -1.74. The number of halogens is 2. The molecule has 0 radical (unpaired) electrons. The summed E-state index contributed by atoms with van der Waals surface area (Å²) in [6.45, 7) is 3.58. The number of aliphatic imine (C=N–C) groups is 1. The van der Waals surface area contributed by atoms with E-state index in [1.54, 1.807) is 7.05 Å². The van der Waals surface area contributed by atoms with Crippen LogP contribution in [0.25, 0.3) is 5.65 Å². The number of guanidine groups is 1. The van der Waals surface area contributed by atoms with E-state index in [9.17, 15) is 0 Å². The molecule has 0 aliphatic heterocycles. The lowest BCUT2D eigenvalue weighted by atomic mass is 10.3. The molecule has 8 heteroatoms. The molecule has 0 bridgehead atoms. The van der Waals surface area contributed by atoms with Gasteiger partial charge in [-0.3, -0.25) is 4.99 Å². The van der Waals surface area contributed by atoms with Gasteiger partial charge in [-0.05, 0) is 24.6 Å². The van der Waals surface area contributed by atoms with Gasteiger partial charge in [-0.25, -0.2) is 4.98 Å². The Kier molecular flexibility index (Phi) is 7.55. The first-order valence-electron chi connectivity index (χ1n) is 8.63. The summed E-state index contributed by atoms with van der Waals surface area (Å²) in [4.78, 5) is 11.2. The van der Waals surface area contributed by atoms with Crippen molar-refractivity contribution in [2.24, 2.45) is 12.0 Å². The van der Waals surface area contributed by atoms with Crippen molar-refractivity contribution in [2.75, 3.05) is 20.6 Å². The standard InChI is InChI=1S/C19H25ClN6.HI/c1-14-6-5-9-26-12-16(23-18(14)26)7-8-22-19(21-2)25(4)13-17-10-15(20)11-24(17)3;/h5-6,9-12H,7-8,13H2,1-4H3,(H,21,22);1H. The average molecular weight is 501 g/mol. The third-order valence-electron chi connectivity index (χ3n) is 4.44. The van der Waals surface area contributed by atoms with Gasteiger partial charge in [0.15, 0.2) is 5.96 Å². The van der Waals surface area contributed by atoms with Crippen molar-refractivity contribution in [1.29, 1.82) is 0 Å². The fourth-order valence-corrected chi connectivity index (χ4v) is 3.33. The highest BCUT2D eigenvalue weighted by Crippen LogP contribution is 2.14. The lowest BCUT2D eigenvalue weighted by Crippen LogP contribution is -2.39. The summed E-state index contributed by atoms with van der Waals surface area (Å²) in [6, 6.07) is 6.10. The molecule has 3 rings (SSSR count). The number of nitrogens with one attached hydrogen (secondary N) is 1. The number of pyridine rings is 1. The number of rotatable bonds is 5. The van der Waals surface area contributed by atoms with Crippen LogP contribution in [0, 0.1) is 6.92 Å². The van der Waals surface area contributed by atoms with Crippen LogP contribution in [0.15, 0.2) is 41.8 Å². The molecule has 0 spiro atoms. The van der Waals surface area contributed by atoms with Crippen molar-refractivity contribution < 1.29 is 0 Å². The molecule has 0 saturated carbocycles. The maximum Gasteiger partial charge on any atom is 0.193 e. The zero-order chi connectivity index (χ0) is 18.7. The summed E-state index contributed by atoms with van der Waals surface area (Å²) < 4.78 is 4.11. The maximum absolute atomic E-state index is 6.06. The molecule has 0 amide bonds. The summed E-state index contributed by atoms with van der Waals surface area (Å²) in [6.07, 6.45) is 6.86. The summed E-state index contributed by atoms with van der Waals surface area (Å²) in [7, 11) is 5.81. The minimum atomic E-state index is 0. The summed E-state index contributed by atoms with van der Waals surface area (Å²) in [5.74, 6) is 0.849. The molecule has 3 aromatic rings. The van der Waals surface area contributed by atoms with Crippen LogP contribution in [0.4, 0.5) is 0 Å². The van der Waals surface area contributed by atoms with Gasteiger partial charge in [0.05, 0.1) is 17.3 Å². The fraction of sp³-hybridized carbons (Fsp3) is 0.368. The second-order valence-corrected chi connectivity index (χ2v) is 6.93. The zero-order valence-electron chi connectivity index (χ0n) is 16.1. The molecule has 0 aliphatic rings. The van der Waals surface area contributed by atoms with E-state index in [0.717, 1.165) is 47.5 Å². The minimum absolute atomic E-state index is 0. The van der Waals surface area contributed by atoms with E-state index in [-0.39, 0.29) is 24.0 Å². The molecule has 0 atom stereocenters. The number of aryl methyl sites for hydroxylation is 2. The number of hydrogen-bond donors (Lipinski definition) is 1. The van der Waals surface area contributed by atoms with Gasteiger partial charge in [0.2, 0.25) is 0 Å². The van der Waals surface area contributed by atoms with Crippen LogP contribution in [0.5, 0.6) is 0 Å². The van der Waals surface area contributed by atoms with E-state index in [0.29, 0.717) is 0 Å². The normalized spacial score (nSPS) is 11.5. The summed E-state index contributed by atoms with van der Waals surface area (Å²) in [5, 5.41) is 4.16. The number of fused-ring (bicyclic) bond motifs is 1. The molecule has 3 aromatic heterocycles. The van der Waals surface area contributed by atoms with Gasteiger partial charge < -0.3 is 19.2 Å². The number of imidazole rings is 1. The molecule has 0 saturated heterocycles. The van der Waals surface area contributed by atoms with Gasteiger partial charge in [-0.2, -0.15) is 0 Å². The van der Waals surface area contributed by atoms with Crippen molar-refractivity contribution in [2.45, 2.75) is 19.9 Å². The molecule has 27 heavy (non-hydrogen) atoms. The Labute approximate surface area is 182 Å². The molecule has 146 valence electrons. The van der Waals surface area contributed by atoms with Gasteiger partial charge >= 0.3 is 0 Å². The Balaban J connectivity index is 0.00000261. The third-order valence-corrected chi connectivity index (χ3v) is 4.65. The summed E-state index contributed by atoms with van der Waals surface area (Å²) in [5.41, 5.74) is 4.41. The highest BCUT2D eigenvalue weighted by molar-refractivity contribution is 14.0. The lowest BCUT2D eigenvalue weighted by Gasteiger charge is -2.22. The summed E-state index contributed by atoms with van der Waals surface area (Å²) >= 11 is 6.06. The van der Waals surface area contributed by atoms with Crippen LogP contribution < -0.4 is 5.32 Å². The van der Waals surface area contributed by atoms with E-state index in [1.165, 1.54) is 5.56 Å². The fourth-order valence-electron chi connectivity index (χ4n) is 3.05. The van der Waals surface area contributed by atoms with Crippen molar-refractivity contribution in [3.63, 3.8) is 0 Å². The first kappa shape index (κ1) is 21.6. The molecule has 0 aliphatic carbocycles. The molecule has 6 nitrogen and oxygen atoms in total. The molecule has 0 unspecified atom stereocenters. The Morgan fingerprint density at radius 2 is 2.15 bits per heavy atom. The number of hydrogen-bond acceptors (Lipinski definition) is 2. The molecular formula is C19H26ClIN6. The second kappa shape index (κ2) is 9.45. The van der Waals surface area contributed by atoms with Crippen LogP contribution in [-0.2, 0) is 20.0 Å². The topological polar surface area (TPSA) is 49.9 Å². The Morgan fingerprint density at radius 1 is 1.37 bits per heavy atom. The van der Waals surface area contributed by atoms with Gasteiger partial charge in [0, 0.05) is 58.4 Å². The number of aromatic nitrogens is 3. The smallest absolute Gasteiger partial charge is 0.193 e. The van der Waals surface area contributed by atoms with Crippen LogP contribution in [0.3, 0.4) is 0 Å². The SMILES string of the molecule is CN=C(NCCc1cn2cccc(C)c2n1)N(C)Cc1cc(Cl)cn1C.I. The molecular weight excluding hydrogens is 475 g/mol. The van der Waals surface area contributed by atoms with Crippen LogP contribution in [0.2, 0.25) is 5.02 Å². The van der Waals surface area contributed by atoms with Crippen molar-refractivity contribution in [3.8, 4) is 0 Å². The Bertz CT molecular complexity index is 930. The third kappa shape index (κ3) is 5.16. The van der Waals surface area contributed by atoms with E-state index >= 15 is 0 Å². The largest absolute Gasteiger partial charge is 0.356 e. The predicted octanol–water partition coefficient (Wildman–Crippen LogP) is 3.50. The van der Waals surface area contributed by atoms with Gasteiger partial charge in [-0.1, -0.05) is 17.7 Å². The zero-order valence-corrected chi connectivity index (χ0v) is 19.2. The lowest BCUT2D eigenvalue weighted by molar-refractivity contribution is 0.462. The molecule has 3 heterocycles.